The van der Waals surface area contributed by atoms with Gasteiger partial charge in [0.05, 0.1) is 0 Å². The summed E-state index contributed by atoms with van der Waals surface area (Å²) in [4.78, 5) is 39.3. The normalized spacial score (nSPS) is 17.8. The van der Waals surface area contributed by atoms with Crippen LogP contribution < -0.4 is 11.1 Å². The molecule has 9 nitrogen and oxygen atoms in total. The second kappa shape index (κ2) is 15.1. The van der Waals surface area contributed by atoms with E-state index >= 15 is 0 Å². The zero-order valence-electron chi connectivity index (χ0n) is 28.4. The van der Waals surface area contributed by atoms with Crippen LogP contribution in [0.15, 0.2) is 60.7 Å². The predicted molar refractivity (Wildman–Crippen MR) is 178 cm³/mol. The minimum Gasteiger partial charge on any atom is -0.444 e. The van der Waals surface area contributed by atoms with E-state index in [0.717, 1.165) is 25.7 Å². The molecule has 0 unspecified atom stereocenters. The minimum atomic E-state index is -0.485. The number of carbonyl (C=O) groups is 3. The van der Waals surface area contributed by atoms with Crippen molar-refractivity contribution in [1.29, 1.82) is 0 Å². The Morgan fingerprint density at radius 3 is 1.38 bits per heavy atom. The van der Waals surface area contributed by atoms with Crippen molar-refractivity contribution in [1.82, 2.24) is 15.1 Å². The largest absolute Gasteiger partial charge is 0.444 e. The second-order valence-electron chi connectivity index (χ2n) is 14.3. The molecule has 2 heterocycles. The molecule has 2 fully saturated rings. The van der Waals surface area contributed by atoms with Gasteiger partial charge in [-0.15, -0.1) is 0 Å². The van der Waals surface area contributed by atoms with Gasteiger partial charge in [0, 0.05) is 57.0 Å². The van der Waals surface area contributed by atoms with Gasteiger partial charge >= 0.3 is 12.2 Å². The van der Waals surface area contributed by atoms with Gasteiger partial charge in [0.2, 0.25) is 5.91 Å². The molecule has 0 radical (unpaired) electrons. The van der Waals surface area contributed by atoms with Crippen LogP contribution in [-0.4, -0.2) is 78.4 Å². The van der Waals surface area contributed by atoms with E-state index in [4.69, 9.17) is 15.2 Å². The highest BCUT2D eigenvalue weighted by Crippen LogP contribution is 2.36. The van der Waals surface area contributed by atoms with Gasteiger partial charge in [-0.1, -0.05) is 60.7 Å². The molecule has 2 aromatic carbocycles. The van der Waals surface area contributed by atoms with Gasteiger partial charge in [-0.05, 0) is 78.4 Å². The van der Waals surface area contributed by atoms with Gasteiger partial charge in [-0.25, -0.2) is 9.59 Å². The monoisotopic (exact) mass is 622 g/mol. The van der Waals surface area contributed by atoms with E-state index in [0.29, 0.717) is 39.3 Å². The zero-order chi connectivity index (χ0) is 33.3. The maximum atomic E-state index is 12.3. The van der Waals surface area contributed by atoms with Crippen molar-refractivity contribution in [2.24, 2.45) is 5.73 Å². The summed E-state index contributed by atoms with van der Waals surface area (Å²) in [7, 11) is 0. The number of benzene rings is 2. The van der Waals surface area contributed by atoms with E-state index in [2.05, 4.69) is 29.6 Å². The van der Waals surface area contributed by atoms with E-state index in [9.17, 15) is 14.4 Å². The third kappa shape index (κ3) is 10.5. The fourth-order valence-electron chi connectivity index (χ4n) is 5.94. The third-order valence-electron chi connectivity index (χ3n) is 8.58. The molecule has 3 N–H and O–H groups in total. The van der Waals surface area contributed by atoms with Crippen LogP contribution in [-0.2, 0) is 25.1 Å². The lowest BCUT2D eigenvalue weighted by atomic mass is 9.72. The maximum absolute atomic E-state index is 12.3. The van der Waals surface area contributed by atoms with Crippen molar-refractivity contribution in [3.8, 4) is 0 Å². The number of rotatable bonds is 5. The Bertz CT molecular complexity index is 1240. The Hall–Kier alpha value is -3.59. The molecular weight excluding hydrogens is 568 g/mol. The third-order valence-corrected chi connectivity index (χ3v) is 8.58. The Morgan fingerprint density at radius 2 is 1.04 bits per heavy atom. The number of amides is 3. The van der Waals surface area contributed by atoms with Crippen LogP contribution in [0.2, 0.25) is 0 Å². The molecule has 0 aromatic heterocycles. The highest BCUT2D eigenvalue weighted by Gasteiger charge is 2.39. The lowest BCUT2D eigenvalue weighted by molar-refractivity contribution is -0.119. The Labute approximate surface area is 269 Å². The molecule has 248 valence electrons. The molecule has 9 heteroatoms. The summed E-state index contributed by atoms with van der Waals surface area (Å²) in [5.74, 6) is -0.0279. The Kier molecular flexibility index (Phi) is 12.1. The van der Waals surface area contributed by atoms with E-state index in [1.165, 1.54) is 18.1 Å². The number of hydrogen-bond acceptors (Lipinski definition) is 6. The van der Waals surface area contributed by atoms with Crippen LogP contribution >= 0.6 is 0 Å². The van der Waals surface area contributed by atoms with Gasteiger partial charge in [0.1, 0.15) is 11.2 Å². The number of nitrogens with zero attached hydrogens (tertiary/aromatic N) is 2. The molecule has 0 saturated carbocycles. The lowest BCUT2D eigenvalue weighted by Crippen LogP contribution is -2.51. The van der Waals surface area contributed by atoms with Crippen LogP contribution in [0.4, 0.5) is 9.59 Å². The van der Waals surface area contributed by atoms with Gasteiger partial charge in [-0.3, -0.25) is 4.79 Å². The summed E-state index contributed by atoms with van der Waals surface area (Å²) in [5, 5.41) is 2.96. The molecule has 2 aromatic rings. The summed E-state index contributed by atoms with van der Waals surface area (Å²) in [6, 6.07) is 20.6. The average Bonchev–Trinajstić information content (AvgIpc) is 3.00. The Balaban J connectivity index is 0.000000248. The number of hydrogen-bond donors (Lipinski definition) is 2. The molecule has 0 atom stereocenters. The van der Waals surface area contributed by atoms with Gasteiger partial charge in [-0.2, -0.15) is 0 Å². The van der Waals surface area contributed by atoms with Crippen LogP contribution in [0.25, 0.3) is 0 Å². The highest BCUT2D eigenvalue weighted by atomic mass is 16.6. The van der Waals surface area contributed by atoms with Crippen molar-refractivity contribution in [2.45, 2.75) is 96.2 Å². The fourth-order valence-corrected chi connectivity index (χ4v) is 5.94. The number of likely N-dealkylation sites (tertiary alicyclic amines) is 2. The van der Waals surface area contributed by atoms with Crippen LogP contribution in [0, 0.1) is 0 Å². The quantitative estimate of drug-likeness (QED) is 0.423. The number of nitrogens with two attached hydrogens (primary N) is 1. The first-order valence-corrected chi connectivity index (χ1v) is 16.1. The molecule has 0 spiro atoms. The van der Waals surface area contributed by atoms with Crippen LogP contribution in [0.3, 0.4) is 0 Å². The minimum absolute atomic E-state index is 0.0141. The van der Waals surface area contributed by atoms with Crippen molar-refractivity contribution in [3.63, 3.8) is 0 Å². The number of nitrogens with one attached hydrogen (secondary N) is 1. The van der Waals surface area contributed by atoms with Crippen molar-refractivity contribution in [3.05, 3.63) is 71.8 Å². The molecule has 2 aliphatic heterocycles. The number of ether oxygens (including phenoxy) is 2. The summed E-state index contributed by atoms with van der Waals surface area (Å²) in [6.07, 6.45) is 2.89. The lowest BCUT2D eigenvalue weighted by Gasteiger charge is -2.42. The zero-order valence-corrected chi connectivity index (χ0v) is 28.4. The first-order chi connectivity index (χ1) is 21.1. The van der Waals surface area contributed by atoms with Gasteiger partial charge < -0.3 is 30.3 Å². The average molecular weight is 623 g/mol. The first-order valence-electron chi connectivity index (χ1n) is 16.1. The van der Waals surface area contributed by atoms with Crippen LogP contribution in [0.1, 0.15) is 85.3 Å². The molecular formula is C36H54N4O5. The van der Waals surface area contributed by atoms with Gasteiger partial charge in [0.15, 0.2) is 0 Å². The molecule has 0 bridgehead atoms. The second-order valence-corrected chi connectivity index (χ2v) is 14.3. The number of piperidine rings is 2. The van der Waals surface area contributed by atoms with Gasteiger partial charge in [0.25, 0.3) is 0 Å². The molecule has 3 amide bonds. The SMILES string of the molecule is CC(=O)NCC1(c2ccccc2)CCN(C(=O)OC(C)(C)C)CC1.CC(C)(C)OC(=O)N1CCC(CN)(c2ccccc2)CC1. The molecule has 2 aliphatic rings. The molecule has 0 aliphatic carbocycles. The van der Waals surface area contributed by atoms with E-state index in [-0.39, 0.29) is 28.9 Å². The maximum Gasteiger partial charge on any atom is 0.410 e. The molecule has 4 rings (SSSR count). The van der Waals surface area contributed by atoms with Crippen LogP contribution in [0.5, 0.6) is 0 Å². The summed E-state index contributed by atoms with van der Waals surface area (Å²) < 4.78 is 10.9. The van der Waals surface area contributed by atoms with E-state index < -0.39 is 11.2 Å². The van der Waals surface area contributed by atoms with Crippen molar-refractivity contribution in [2.75, 3.05) is 39.3 Å². The van der Waals surface area contributed by atoms with E-state index in [1.54, 1.807) is 9.80 Å². The highest BCUT2D eigenvalue weighted by molar-refractivity contribution is 5.73. The standard InChI is InChI=1S/C19H28N2O3.C17H26N2O2/c1-15(22)20-14-19(16-8-6-5-7-9-16)10-12-21(13-11-19)17(23)24-18(2,3)4;1-16(2,3)21-15(20)19-11-9-17(13-18,10-12-19)14-7-5-4-6-8-14/h5-9H,10-14H2,1-4H3,(H,20,22);4-8H,9-13,18H2,1-3H3. The summed E-state index contributed by atoms with van der Waals surface area (Å²) in [6.45, 7) is 16.7. The smallest absolute Gasteiger partial charge is 0.410 e. The van der Waals surface area contributed by atoms with E-state index in [1.807, 2.05) is 77.9 Å². The van der Waals surface area contributed by atoms with Crippen molar-refractivity contribution >= 4 is 18.1 Å². The molecule has 2 saturated heterocycles. The predicted octanol–water partition coefficient (Wildman–Crippen LogP) is 6.01. The van der Waals surface area contributed by atoms with Crippen molar-refractivity contribution < 1.29 is 23.9 Å². The topological polar surface area (TPSA) is 114 Å². The number of carbonyl (C=O) groups excluding carboxylic acids is 3. The fraction of sp³-hybridized carbons (Fsp3) is 0.583. The molecule has 45 heavy (non-hydrogen) atoms. The summed E-state index contributed by atoms with van der Waals surface area (Å²) in [5.41, 5.74) is 7.47. The Morgan fingerprint density at radius 1 is 0.689 bits per heavy atom. The first kappa shape index (κ1) is 35.9. The summed E-state index contributed by atoms with van der Waals surface area (Å²) >= 11 is 0.